The molecule has 7 heteroatoms. The van der Waals surface area contributed by atoms with Gasteiger partial charge < -0.3 is 0 Å². The quantitative estimate of drug-likeness (QED) is 0.472. The molecule has 0 saturated carbocycles. The monoisotopic (exact) mass is 436 g/mol. The molecule has 4 rings (SSSR count). The summed E-state index contributed by atoms with van der Waals surface area (Å²) >= 11 is 4.83. The number of thiazole rings is 1. The first-order valence-corrected chi connectivity index (χ1v) is 9.76. The predicted molar refractivity (Wildman–Crippen MR) is 111 cm³/mol. The van der Waals surface area contributed by atoms with Crippen LogP contribution in [0, 0.1) is 0 Å². The summed E-state index contributed by atoms with van der Waals surface area (Å²) in [5.41, 5.74) is 3.08. The van der Waals surface area contributed by atoms with Crippen LogP contribution in [0.1, 0.15) is 10.4 Å². The number of carbonyl (C=O) groups excluding carboxylic acids is 1. The highest BCUT2D eigenvalue weighted by atomic mass is 79.9. The van der Waals surface area contributed by atoms with Gasteiger partial charge in [-0.15, -0.1) is 11.3 Å². The van der Waals surface area contributed by atoms with Gasteiger partial charge in [0.15, 0.2) is 11.0 Å². The van der Waals surface area contributed by atoms with Crippen LogP contribution < -0.4 is 5.32 Å². The normalized spacial score (nSPS) is 10.6. The van der Waals surface area contributed by atoms with Gasteiger partial charge >= 0.3 is 0 Å². The van der Waals surface area contributed by atoms with E-state index in [9.17, 15) is 4.79 Å². The Morgan fingerprint density at radius 3 is 2.44 bits per heavy atom. The molecule has 0 unspecified atom stereocenters. The maximum Gasteiger partial charge on any atom is 0.260 e. The molecule has 0 spiro atoms. The van der Waals surface area contributed by atoms with Gasteiger partial charge in [-0.05, 0) is 12.1 Å². The average molecular weight is 437 g/mol. The molecule has 132 valence electrons. The van der Waals surface area contributed by atoms with Gasteiger partial charge in [0.2, 0.25) is 0 Å². The van der Waals surface area contributed by atoms with E-state index in [-0.39, 0.29) is 5.91 Å². The Balaban J connectivity index is 1.48. The Hall–Kier alpha value is -2.90. The zero-order chi connectivity index (χ0) is 18.6. The maximum absolute atomic E-state index is 12.4. The summed E-state index contributed by atoms with van der Waals surface area (Å²) in [5, 5.41) is 5.24. The van der Waals surface area contributed by atoms with Gasteiger partial charge in [0.25, 0.3) is 5.91 Å². The van der Waals surface area contributed by atoms with Crippen molar-refractivity contribution in [3.8, 4) is 22.6 Å². The van der Waals surface area contributed by atoms with Crippen LogP contribution in [0.5, 0.6) is 0 Å². The highest BCUT2D eigenvalue weighted by Gasteiger charge is 2.12. The highest BCUT2D eigenvalue weighted by molar-refractivity contribution is 9.10. The van der Waals surface area contributed by atoms with Gasteiger partial charge in [-0.25, -0.2) is 15.0 Å². The van der Waals surface area contributed by atoms with Gasteiger partial charge in [-0.2, -0.15) is 0 Å². The molecule has 0 atom stereocenters. The second-order valence-corrected chi connectivity index (χ2v) is 7.44. The predicted octanol–water partition coefficient (Wildman–Crippen LogP) is 5.28. The molecule has 0 aliphatic carbocycles. The molecule has 1 amide bonds. The van der Waals surface area contributed by atoms with Crippen LogP contribution in [-0.4, -0.2) is 20.9 Å². The lowest BCUT2D eigenvalue weighted by atomic mass is 10.2. The zero-order valence-corrected chi connectivity index (χ0v) is 16.4. The Bertz CT molecular complexity index is 1080. The van der Waals surface area contributed by atoms with E-state index in [1.165, 1.54) is 23.7 Å². The Morgan fingerprint density at radius 2 is 1.70 bits per heavy atom. The third-order valence-corrected chi connectivity index (χ3v) is 5.04. The molecular weight excluding hydrogens is 424 g/mol. The van der Waals surface area contributed by atoms with Crippen LogP contribution >= 0.6 is 27.3 Å². The molecule has 2 heterocycles. The number of carbonyl (C=O) groups is 1. The molecule has 27 heavy (non-hydrogen) atoms. The molecule has 4 aromatic rings. The van der Waals surface area contributed by atoms with Crippen molar-refractivity contribution in [3.63, 3.8) is 0 Å². The fraction of sp³-hybridized carbons (Fsp3) is 0. The van der Waals surface area contributed by atoms with Crippen molar-refractivity contribution in [2.45, 2.75) is 0 Å². The van der Waals surface area contributed by atoms with Crippen molar-refractivity contribution in [2.75, 3.05) is 5.32 Å². The van der Waals surface area contributed by atoms with Crippen molar-refractivity contribution in [1.82, 2.24) is 15.0 Å². The van der Waals surface area contributed by atoms with Gasteiger partial charge in [-0.1, -0.05) is 58.4 Å². The van der Waals surface area contributed by atoms with Gasteiger partial charge in [0.05, 0.1) is 11.3 Å². The summed E-state index contributed by atoms with van der Waals surface area (Å²) in [7, 11) is 0. The lowest BCUT2D eigenvalue weighted by Gasteiger charge is -2.03. The third-order valence-electron chi connectivity index (χ3n) is 3.79. The molecule has 0 fully saturated rings. The average Bonchev–Trinajstić information content (AvgIpc) is 3.17. The maximum atomic E-state index is 12.4. The number of nitrogens with one attached hydrogen (secondary N) is 1. The van der Waals surface area contributed by atoms with Crippen LogP contribution in [0.25, 0.3) is 22.6 Å². The molecular formula is C20H13BrN4OS. The van der Waals surface area contributed by atoms with E-state index in [2.05, 4.69) is 36.2 Å². The van der Waals surface area contributed by atoms with Gasteiger partial charge in [0.1, 0.15) is 0 Å². The van der Waals surface area contributed by atoms with E-state index >= 15 is 0 Å². The lowest BCUT2D eigenvalue weighted by molar-refractivity contribution is 0.102. The first-order valence-electron chi connectivity index (χ1n) is 8.09. The Kier molecular flexibility index (Phi) is 5.04. The number of nitrogens with zero attached hydrogens (tertiary/aromatic N) is 3. The largest absolute Gasteiger partial charge is 0.298 e. The van der Waals surface area contributed by atoms with E-state index in [1.54, 1.807) is 0 Å². The van der Waals surface area contributed by atoms with Gasteiger partial charge in [-0.3, -0.25) is 10.1 Å². The number of halogens is 1. The molecule has 0 saturated heterocycles. The number of rotatable bonds is 4. The standard InChI is InChI=1S/C20H13BrN4OS/c21-16-8-4-7-14(9-16)17-12-27-20(24-17)25-19(26)15-10-22-18(23-11-15)13-5-2-1-3-6-13/h1-12H,(H,24,25,26). The topological polar surface area (TPSA) is 67.8 Å². The van der Waals surface area contributed by atoms with E-state index in [4.69, 9.17) is 0 Å². The van der Waals surface area contributed by atoms with E-state index in [1.807, 2.05) is 60.0 Å². The SMILES string of the molecule is O=C(Nc1nc(-c2cccc(Br)c2)cs1)c1cnc(-c2ccccc2)nc1. The minimum atomic E-state index is -0.287. The number of aromatic nitrogens is 3. The van der Waals surface area contributed by atoms with Crippen molar-refractivity contribution >= 4 is 38.3 Å². The first-order chi connectivity index (χ1) is 13.2. The minimum Gasteiger partial charge on any atom is -0.298 e. The molecule has 2 aromatic carbocycles. The van der Waals surface area contributed by atoms with Crippen molar-refractivity contribution in [2.24, 2.45) is 0 Å². The molecule has 0 bridgehead atoms. The Labute approximate surface area is 168 Å². The zero-order valence-electron chi connectivity index (χ0n) is 14.0. The summed E-state index contributed by atoms with van der Waals surface area (Å²) in [6, 6.07) is 17.5. The van der Waals surface area contributed by atoms with Gasteiger partial charge in [0, 0.05) is 33.4 Å². The lowest BCUT2D eigenvalue weighted by Crippen LogP contribution is -2.12. The molecule has 5 nitrogen and oxygen atoms in total. The first kappa shape index (κ1) is 17.5. The van der Waals surface area contributed by atoms with Crippen LogP contribution in [0.3, 0.4) is 0 Å². The van der Waals surface area contributed by atoms with Crippen LogP contribution in [-0.2, 0) is 0 Å². The number of hydrogen-bond donors (Lipinski definition) is 1. The minimum absolute atomic E-state index is 0.287. The summed E-state index contributed by atoms with van der Waals surface area (Å²) in [5.74, 6) is 0.295. The molecule has 0 radical (unpaired) electrons. The Morgan fingerprint density at radius 1 is 0.963 bits per heavy atom. The fourth-order valence-electron chi connectivity index (χ4n) is 2.46. The van der Waals surface area contributed by atoms with Crippen LogP contribution in [0.15, 0.2) is 76.8 Å². The van der Waals surface area contributed by atoms with Crippen molar-refractivity contribution < 1.29 is 4.79 Å². The second-order valence-electron chi connectivity index (χ2n) is 5.66. The van der Waals surface area contributed by atoms with Crippen molar-refractivity contribution in [3.05, 3.63) is 82.4 Å². The molecule has 0 aliphatic rings. The highest BCUT2D eigenvalue weighted by Crippen LogP contribution is 2.27. The van der Waals surface area contributed by atoms with Crippen LogP contribution in [0.4, 0.5) is 5.13 Å². The number of hydrogen-bond acceptors (Lipinski definition) is 5. The third kappa shape index (κ3) is 4.10. The van der Waals surface area contributed by atoms with E-state index < -0.39 is 0 Å². The summed E-state index contributed by atoms with van der Waals surface area (Å²) in [6.45, 7) is 0. The smallest absolute Gasteiger partial charge is 0.260 e. The van der Waals surface area contributed by atoms with E-state index in [0.717, 1.165) is 21.3 Å². The number of anilines is 1. The second kappa shape index (κ2) is 7.77. The van der Waals surface area contributed by atoms with Crippen molar-refractivity contribution in [1.29, 1.82) is 0 Å². The van der Waals surface area contributed by atoms with Crippen LogP contribution in [0.2, 0.25) is 0 Å². The molecule has 2 aromatic heterocycles. The fourth-order valence-corrected chi connectivity index (χ4v) is 3.58. The molecule has 0 aliphatic heterocycles. The summed E-state index contributed by atoms with van der Waals surface area (Å²) in [4.78, 5) is 25.5. The summed E-state index contributed by atoms with van der Waals surface area (Å²) < 4.78 is 0.981. The van der Waals surface area contributed by atoms with E-state index in [0.29, 0.717) is 16.5 Å². The molecule has 1 N–H and O–H groups in total. The number of amides is 1. The number of benzene rings is 2. The summed E-state index contributed by atoms with van der Waals surface area (Å²) in [6.07, 6.45) is 3.04.